The smallest absolute Gasteiger partial charge is 0.254 e. The average molecular weight is 498 g/mol. The summed E-state index contributed by atoms with van der Waals surface area (Å²) < 4.78 is 5.65. The second-order valence-corrected chi connectivity index (χ2v) is 11.3. The number of rotatable bonds is 2. The Morgan fingerprint density at radius 3 is 2.25 bits per heavy atom. The highest BCUT2D eigenvalue weighted by Crippen LogP contribution is 2.37. The number of hydrogen-bond donors (Lipinski definition) is 1. The molecule has 0 spiro atoms. The summed E-state index contributed by atoms with van der Waals surface area (Å²) >= 11 is 0. The van der Waals surface area contributed by atoms with Gasteiger partial charge in [-0.05, 0) is 81.7 Å². The number of benzene rings is 1. The summed E-state index contributed by atoms with van der Waals surface area (Å²) in [6.07, 6.45) is 10.8. The Kier molecular flexibility index (Phi) is 8.28. The van der Waals surface area contributed by atoms with Crippen molar-refractivity contribution in [1.82, 2.24) is 9.80 Å². The van der Waals surface area contributed by atoms with Gasteiger partial charge in [-0.25, -0.2) is 0 Å². The van der Waals surface area contributed by atoms with Crippen molar-refractivity contribution < 1.29 is 19.4 Å². The van der Waals surface area contributed by atoms with E-state index >= 15 is 0 Å². The van der Waals surface area contributed by atoms with Gasteiger partial charge in [0.05, 0.1) is 6.10 Å². The molecule has 1 N–H and O–H groups in total. The van der Waals surface area contributed by atoms with Crippen molar-refractivity contribution in [2.75, 3.05) is 31.2 Å². The first-order valence-electron chi connectivity index (χ1n) is 14.2. The highest BCUT2D eigenvalue weighted by molar-refractivity contribution is 5.97. The predicted molar refractivity (Wildman–Crippen MR) is 140 cm³/mol. The van der Waals surface area contributed by atoms with Crippen LogP contribution < -0.4 is 4.90 Å². The normalized spacial score (nSPS) is 28.8. The van der Waals surface area contributed by atoms with Gasteiger partial charge in [-0.2, -0.15) is 0 Å². The number of ether oxygens (including phenoxy) is 1. The van der Waals surface area contributed by atoms with Crippen LogP contribution in [0.15, 0.2) is 18.2 Å². The number of hydrogen-bond acceptors (Lipinski definition) is 5. The largest absolute Gasteiger partial charge is 0.393 e. The van der Waals surface area contributed by atoms with E-state index in [0.717, 1.165) is 82.6 Å². The molecule has 0 saturated carbocycles. The summed E-state index contributed by atoms with van der Waals surface area (Å²) in [7, 11) is 0. The Hall–Kier alpha value is -1.96. The van der Waals surface area contributed by atoms with E-state index in [4.69, 9.17) is 4.74 Å². The highest BCUT2D eigenvalue weighted by Gasteiger charge is 2.43. The molecule has 0 aromatic heterocycles. The van der Waals surface area contributed by atoms with E-state index < -0.39 is 0 Å². The molecule has 1 aromatic rings. The number of amides is 2. The molecular weight excluding hydrogens is 454 g/mol. The molecule has 0 aliphatic carbocycles. The Balaban J connectivity index is 1.47. The molecule has 36 heavy (non-hydrogen) atoms. The summed E-state index contributed by atoms with van der Waals surface area (Å²) in [5, 5.41) is 10.2. The SMILES string of the molecule is CC(=O)N1CCCCCCCN(C2CCOCC2)Cc2cc(C(=O)N3C4CCC3CC(O)C4)ccc21. The molecule has 4 aliphatic heterocycles. The molecule has 2 amide bonds. The Morgan fingerprint density at radius 1 is 0.889 bits per heavy atom. The lowest BCUT2D eigenvalue weighted by atomic mass is 9.97. The molecule has 0 radical (unpaired) electrons. The summed E-state index contributed by atoms with van der Waals surface area (Å²) in [5.74, 6) is 0.142. The highest BCUT2D eigenvalue weighted by atomic mass is 16.5. The number of aliphatic hydroxyl groups excluding tert-OH is 1. The molecule has 7 nitrogen and oxygen atoms in total. The lowest BCUT2D eigenvalue weighted by molar-refractivity contribution is -0.116. The molecule has 2 atom stereocenters. The number of fused-ring (bicyclic) bond motifs is 3. The zero-order chi connectivity index (χ0) is 25.1. The fraction of sp³-hybridized carbons (Fsp3) is 0.724. The Labute approximate surface area is 215 Å². The third-order valence-electron chi connectivity index (χ3n) is 8.85. The number of aliphatic hydroxyl groups is 1. The van der Waals surface area contributed by atoms with Crippen LogP contribution in [0.5, 0.6) is 0 Å². The van der Waals surface area contributed by atoms with Gasteiger partial charge in [-0.1, -0.05) is 19.3 Å². The molecule has 1 aromatic carbocycles. The molecule has 5 rings (SSSR count). The van der Waals surface area contributed by atoms with E-state index in [1.54, 1.807) is 6.92 Å². The van der Waals surface area contributed by atoms with Crippen LogP contribution in [0.4, 0.5) is 5.69 Å². The molecule has 3 saturated heterocycles. The van der Waals surface area contributed by atoms with Crippen LogP contribution in [0.25, 0.3) is 0 Å². The van der Waals surface area contributed by atoms with E-state index in [-0.39, 0.29) is 30.0 Å². The molecule has 198 valence electrons. The Morgan fingerprint density at radius 2 is 1.56 bits per heavy atom. The monoisotopic (exact) mass is 497 g/mol. The number of piperidine rings is 1. The maximum absolute atomic E-state index is 13.8. The van der Waals surface area contributed by atoms with Gasteiger partial charge in [0, 0.05) is 62.6 Å². The standard InChI is InChI=1S/C29H43N3O4/c1-21(33)31-14-6-4-2-3-5-13-30(24-11-15-36-16-12-24)20-23-17-22(7-10-28(23)31)29(35)32-25-8-9-26(32)19-27(34)18-25/h7,10,17,24-27,34H,2-6,8-9,11-16,18-20H2,1H3. The van der Waals surface area contributed by atoms with Crippen LogP contribution in [0.3, 0.4) is 0 Å². The quantitative estimate of drug-likeness (QED) is 0.666. The third kappa shape index (κ3) is 5.63. The van der Waals surface area contributed by atoms with Crippen LogP contribution in [0, 0.1) is 0 Å². The van der Waals surface area contributed by atoms with Crippen molar-refractivity contribution in [2.45, 2.75) is 108 Å². The number of carbonyl (C=O) groups excluding carboxylic acids is 2. The topological polar surface area (TPSA) is 73.3 Å². The van der Waals surface area contributed by atoms with Gasteiger partial charge in [0.25, 0.3) is 5.91 Å². The van der Waals surface area contributed by atoms with Crippen molar-refractivity contribution in [1.29, 1.82) is 0 Å². The van der Waals surface area contributed by atoms with E-state index in [0.29, 0.717) is 24.4 Å². The third-order valence-corrected chi connectivity index (χ3v) is 8.85. The maximum Gasteiger partial charge on any atom is 0.254 e. The molecule has 7 heteroatoms. The van der Waals surface area contributed by atoms with E-state index in [1.807, 2.05) is 21.9 Å². The molecule has 2 bridgehead atoms. The minimum Gasteiger partial charge on any atom is -0.393 e. The lowest BCUT2D eigenvalue weighted by Gasteiger charge is -2.38. The van der Waals surface area contributed by atoms with Crippen LogP contribution in [0.2, 0.25) is 0 Å². The van der Waals surface area contributed by atoms with Crippen molar-refractivity contribution in [3.63, 3.8) is 0 Å². The number of carbonyl (C=O) groups is 2. The predicted octanol–water partition coefficient (Wildman–Crippen LogP) is 4.11. The van der Waals surface area contributed by atoms with Gasteiger partial charge >= 0.3 is 0 Å². The second kappa shape index (κ2) is 11.6. The van der Waals surface area contributed by atoms with E-state index in [1.165, 1.54) is 19.3 Å². The fourth-order valence-corrected chi connectivity index (χ4v) is 6.96. The summed E-state index contributed by atoms with van der Waals surface area (Å²) in [5.41, 5.74) is 2.74. The van der Waals surface area contributed by atoms with Crippen LogP contribution in [0.1, 0.15) is 93.5 Å². The summed E-state index contributed by atoms with van der Waals surface area (Å²) in [6, 6.07) is 6.75. The fourth-order valence-electron chi connectivity index (χ4n) is 6.96. The van der Waals surface area contributed by atoms with Crippen molar-refractivity contribution in [2.24, 2.45) is 0 Å². The zero-order valence-corrected chi connectivity index (χ0v) is 21.9. The van der Waals surface area contributed by atoms with Gasteiger partial charge in [-0.15, -0.1) is 0 Å². The minimum atomic E-state index is -0.291. The minimum absolute atomic E-state index is 0.0630. The molecule has 4 heterocycles. The maximum atomic E-state index is 13.8. The molecule has 2 unspecified atom stereocenters. The van der Waals surface area contributed by atoms with Crippen molar-refractivity contribution in [3.8, 4) is 0 Å². The number of nitrogens with zero attached hydrogens (tertiary/aromatic N) is 3. The van der Waals surface area contributed by atoms with Crippen LogP contribution >= 0.6 is 0 Å². The van der Waals surface area contributed by atoms with E-state index in [9.17, 15) is 14.7 Å². The summed E-state index contributed by atoms with van der Waals surface area (Å²) in [4.78, 5) is 33.1. The second-order valence-electron chi connectivity index (χ2n) is 11.3. The van der Waals surface area contributed by atoms with Crippen molar-refractivity contribution in [3.05, 3.63) is 29.3 Å². The molecule has 3 fully saturated rings. The lowest BCUT2D eigenvalue weighted by Crippen LogP contribution is -2.48. The van der Waals surface area contributed by atoms with Gasteiger partial charge in [0.2, 0.25) is 5.91 Å². The molecular formula is C29H43N3O4. The average Bonchev–Trinajstić information content (AvgIpc) is 3.14. The van der Waals surface area contributed by atoms with Gasteiger partial charge in [0.15, 0.2) is 0 Å². The van der Waals surface area contributed by atoms with Gasteiger partial charge in [0.1, 0.15) is 0 Å². The van der Waals surface area contributed by atoms with Crippen molar-refractivity contribution >= 4 is 17.5 Å². The first kappa shape index (κ1) is 25.7. The number of anilines is 1. The first-order valence-corrected chi connectivity index (χ1v) is 14.2. The van der Waals surface area contributed by atoms with Crippen LogP contribution in [-0.2, 0) is 16.1 Å². The summed E-state index contributed by atoms with van der Waals surface area (Å²) in [6.45, 7) is 5.77. The van der Waals surface area contributed by atoms with Crippen LogP contribution in [-0.4, -0.2) is 77.3 Å². The zero-order valence-electron chi connectivity index (χ0n) is 21.9. The van der Waals surface area contributed by atoms with Gasteiger partial charge < -0.3 is 19.6 Å². The molecule has 4 aliphatic rings. The van der Waals surface area contributed by atoms with E-state index in [2.05, 4.69) is 11.0 Å². The first-order chi connectivity index (χ1) is 17.5. The Bertz CT molecular complexity index is 917. The van der Waals surface area contributed by atoms with Gasteiger partial charge in [-0.3, -0.25) is 14.5 Å².